The molecule has 1 heterocycles. The van der Waals surface area contributed by atoms with Crippen LogP contribution in [0, 0.1) is 11.8 Å². The Balaban J connectivity index is 2.92. The van der Waals surface area contributed by atoms with Crippen LogP contribution in [0.5, 0.6) is 0 Å². The Kier molecular flexibility index (Phi) is 5.85. The third-order valence-electron chi connectivity index (χ3n) is 3.06. The van der Waals surface area contributed by atoms with Crippen LogP contribution in [0.4, 0.5) is 0 Å². The summed E-state index contributed by atoms with van der Waals surface area (Å²) in [6.45, 7) is 7.44. The van der Waals surface area contributed by atoms with Crippen LogP contribution in [-0.2, 0) is 23.9 Å². The Morgan fingerprint density at radius 1 is 1.00 bits per heavy atom. The topological polar surface area (TPSA) is 69.7 Å². The van der Waals surface area contributed by atoms with Gasteiger partial charge in [-0.2, -0.15) is 11.8 Å². The minimum absolute atomic E-state index is 0.188. The Labute approximate surface area is 117 Å². The molecule has 1 aliphatic heterocycles. The van der Waals surface area contributed by atoms with Crippen LogP contribution < -0.4 is 0 Å². The minimum Gasteiger partial charge on any atom is -0.465 e. The van der Waals surface area contributed by atoms with Gasteiger partial charge in [0.05, 0.1) is 13.2 Å². The van der Waals surface area contributed by atoms with Crippen LogP contribution in [0.25, 0.3) is 0 Å². The first-order valence-corrected chi connectivity index (χ1v) is 7.40. The number of rotatable bonds is 4. The second-order valence-electron chi connectivity index (χ2n) is 4.41. The molecule has 0 radical (unpaired) electrons. The van der Waals surface area contributed by atoms with Gasteiger partial charge in [-0.25, -0.2) is 0 Å². The highest BCUT2D eigenvalue weighted by molar-refractivity contribution is 8.00. The second kappa shape index (κ2) is 6.93. The summed E-state index contributed by atoms with van der Waals surface area (Å²) in [5.41, 5.74) is 0. The minimum atomic E-state index is -0.879. The van der Waals surface area contributed by atoms with Gasteiger partial charge in [0.15, 0.2) is 5.78 Å². The molecule has 1 saturated heterocycles. The van der Waals surface area contributed by atoms with Gasteiger partial charge in [-0.3, -0.25) is 14.4 Å². The molecule has 0 unspecified atom stereocenters. The van der Waals surface area contributed by atoms with E-state index < -0.39 is 23.8 Å². The van der Waals surface area contributed by atoms with Crippen LogP contribution in [0.2, 0.25) is 0 Å². The van der Waals surface area contributed by atoms with E-state index in [0.717, 1.165) is 0 Å². The molecular weight excluding hydrogens is 268 g/mol. The van der Waals surface area contributed by atoms with Crippen LogP contribution in [-0.4, -0.2) is 41.4 Å². The fourth-order valence-electron chi connectivity index (χ4n) is 2.23. The van der Waals surface area contributed by atoms with E-state index in [1.807, 2.05) is 13.8 Å². The maximum Gasteiger partial charge on any atom is 0.317 e. The van der Waals surface area contributed by atoms with Crippen molar-refractivity contribution in [3.8, 4) is 0 Å². The van der Waals surface area contributed by atoms with E-state index in [4.69, 9.17) is 9.47 Å². The number of carbonyl (C=O) groups is 3. The lowest BCUT2D eigenvalue weighted by Gasteiger charge is -2.34. The zero-order chi connectivity index (χ0) is 14.6. The van der Waals surface area contributed by atoms with Gasteiger partial charge < -0.3 is 9.47 Å². The number of hydrogen-bond acceptors (Lipinski definition) is 6. The van der Waals surface area contributed by atoms with Gasteiger partial charge in [-0.05, 0) is 13.8 Å². The molecule has 0 aliphatic carbocycles. The maximum absolute atomic E-state index is 12.4. The van der Waals surface area contributed by atoms with E-state index in [0.29, 0.717) is 0 Å². The molecule has 19 heavy (non-hydrogen) atoms. The summed E-state index contributed by atoms with van der Waals surface area (Å²) in [6, 6.07) is 0. The average Bonchev–Trinajstić information content (AvgIpc) is 2.28. The molecule has 0 aromatic heterocycles. The summed E-state index contributed by atoms with van der Waals surface area (Å²) >= 11 is 1.45. The molecule has 0 amide bonds. The second-order valence-corrected chi connectivity index (χ2v) is 6.17. The van der Waals surface area contributed by atoms with Crippen molar-refractivity contribution in [1.29, 1.82) is 0 Å². The Morgan fingerprint density at radius 3 is 1.68 bits per heavy atom. The first-order chi connectivity index (χ1) is 8.93. The predicted octanol–water partition coefficient (Wildman–Crippen LogP) is 1.44. The van der Waals surface area contributed by atoms with Gasteiger partial charge in [0, 0.05) is 10.5 Å². The molecule has 0 aromatic carbocycles. The maximum atomic E-state index is 12.4. The van der Waals surface area contributed by atoms with Crippen molar-refractivity contribution in [2.75, 3.05) is 13.2 Å². The number of thioether (sulfide) groups is 1. The van der Waals surface area contributed by atoms with Crippen molar-refractivity contribution in [1.82, 2.24) is 0 Å². The number of esters is 2. The van der Waals surface area contributed by atoms with Gasteiger partial charge in [0.1, 0.15) is 11.8 Å². The zero-order valence-corrected chi connectivity index (χ0v) is 12.5. The van der Waals surface area contributed by atoms with Crippen molar-refractivity contribution < 1.29 is 23.9 Å². The van der Waals surface area contributed by atoms with Crippen LogP contribution in [0.1, 0.15) is 27.7 Å². The standard InChI is InChI=1S/C13H20O5S/c1-5-17-12(15)9-7(3)19-8(4)10(11(9)14)13(16)18-6-2/h7-10H,5-6H2,1-4H3/t7-,8-,9+,10+/m1/s1. The molecule has 4 atom stereocenters. The summed E-state index contributed by atoms with van der Waals surface area (Å²) in [5.74, 6) is -3.23. The summed E-state index contributed by atoms with van der Waals surface area (Å²) < 4.78 is 9.84. The molecule has 0 bridgehead atoms. The Bertz CT molecular complexity index is 336. The number of hydrogen-bond donors (Lipinski definition) is 0. The summed E-state index contributed by atoms with van der Waals surface area (Å²) in [7, 11) is 0. The number of carbonyl (C=O) groups excluding carboxylic acids is 3. The monoisotopic (exact) mass is 288 g/mol. The highest BCUT2D eigenvalue weighted by Crippen LogP contribution is 2.38. The van der Waals surface area contributed by atoms with E-state index >= 15 is 0 Å². The quantitative estimate of drug-likeness (QED) is 0.576. The molecule has 0 aromatic rings. The molecule has 0 spiro atoms. The van der Waals surface area contributed by atoms with E-state index in [9.17, 15) is 14.4 Å². The van der Waals surface area contributed by atoms with E-state index in [1.165, 1.54) is 11.8 Å². The molecular formula is C13H20O5S. The SMILES string of the molecule is CCOC(=O)[C@@H]1C(=O)[C@@H](C(=O)OCC)[C@@H](C)S[C@@H]1C. The fourth-order valence-corrected chi connectivity index (χ4v) is 3.71. The van der Waals surface area contributed by atoms with Crippen molar-refractivity contribution in [3.05, 3.63) is 0 Å². The van der Waals surface area contributed by atoms with Gasteiger partial charge in [0.2, 0.25) is 0 Å². The summed E-state index contributed by atoms with van der Waals surface area (Å²) in [5, 5.41) is -0.376. The van der Waals surface area contributed by atoms with E-state index in [2.05, 4.69) is 0 Å². The van der Waals surface area contributed by atoms with Gasteiger partial charge in [-0.15, -0.1) is 0 Å². The fraction of sp³-hybridized carbons (Fsp3) is 0.769. The van der Waals surface area contributed by atoms with Gasteiger partial charge in [-0.1, -0.05) is 13.8 Å². The van der Waals surface area contributed by atoms with E-state index in [-0.39, 0.29) is 29.5 Å². The summed E-state index contributed by atoms with van der Waals surface area (Å²) in [4.78, 5) is 36.1. The van der Waals surface area contributed by atoms with Crippen molar-refractivity contribution in [3.63, 3.8) is 0 Å². The van der Waals surface area contributed by atoms with Crippen molar-refractivity contribution in [2.45, 2.75) is 38.2 Å². The smallest absolute Gasteiger partial charge is 0.317 e. The molecule has 108 valence electrons. The lowest BCUT2D eigenvalue weighted by atomic mass is 9.87. The van der Waals surface area contributed by atoms with Crippen LogP contribution >= 0.6 is 11.8 Å². The number of Topliss-reactive ketones (excluding diaryl/α,β-unsaturated/α-hetero) is 1. The molecule has 6 heteroatoms. The highest BCUT2D eigenvalue weighted by Gasteiger charge is 2.48. The van der Waals surface area contributed by atoms with E-state index in [1.54, 1.807) is 13.8 Å². The van der Waals surface area contributed by atoms with Gasteiger partial charge in [0.25, 0.3) is 0 Å². The largest absolute Gasteiger partial charge is 0.465 e. The first kappa shape index (κ1) is 16.0. The van der Waals surface area contributed by atoms with Crippen LogP contribution in [0.3, 0.4) is 0 Å². The predicted molar refractivity (Wildman–Crippen MR) is 71.8 cm³/mol. The van der Waals surface area contributed by atoms with Crippen LogP contribution in [0.15, 0.2) is 0 Å². The molecule has 1 fully saturated rings. The van der Waals surface area contributed by atoms with Crippen molar-refractivity contribution in [2.24, 2.45) is 11.8 Å². The molecule has 5 nitrogen and oxygen atoms in total. The highest BCUT2D eigenvalue weighted by atomic mass is 32.2. The Hall–Kier alpha value is -1.04. The molecule has 1 rings (SSSR count). The molecule has 0 N–H and O–H groups in total. The third kappa shape index (κ3) is 3.49. The number of ketones is 1. The molecule has 1 aliphatic rings. The molecule has 0 saturated carbocycles. The number of ether oxygens (including phenoxy) is 2. The third-order valence-corrected chi connectivity index (χ3v) is 4.47. The Morgan fingerprint density at radius 2 is 1.37 bits per heavy atom. The van der Waals surface area contributed by atoms with Gasteiger partial charge >= 0.3 is 11.9 Å². The zero-order valence-electron chi connectivity index (χ0n) is 11.7. The first-order valence-electron chi connectivity index (χ1n) is 6.46. The van der Waals surface area contributed by atoms with Crippen molar-refractivity contribution >= 4 is 29.5 Å². The average molecular weight is 288 g/mol. The normalized spacial score (nSPS) is 30.8. The lowest BCUT2D eigenvalue weighted by molar-refractivity contribution is -0.157. The lowest BCUT2D eigenvalue weighted by Crippen LogP contribution is -2.48. The summed E-state index contributed by atoms with van der Waals surface area (Å²) in [6.07, 6.45) is 0.